The summed E-state index contributed by atoms with van der Waals surface area (Å²) in [5.74, 6) is 0. The van der Waals surface area contributed by atoms with Gasteiger partial charge in [0.2, 0.25) is 0 Å². The van der Waals surface area contributed by atoms with E-state index in [0.717, 1.165) is 37.1 Å². The maximum Gasteiger partial charge on any atom is 0.186 e. The van der Waals surface area contributed by atoms with Crippen LogP contribution in [0.25, 0.3) is 0 Å². The molecule has 1 N–H and O–H groups in total. The van der Waals surface area contributed by atoms with Crippen LogP contribution >= 0.6 is 11.3 Å². The van der Waals surface area contributed by atoms with Gasteiger partial charge in [-0.05, 0) is 25.8 Å². The number of hydrogen-bond acceptors (Lipinski definition) is 6. The third-order valence-electron chi connectivity index (χ3n) is 4.31. The Bertz CT molecular complexity index is 466. The van der Waals surface area contributed by atoms with Gasteiger partial charge in [-0.25, -0.2) is 4.98 Å². The van der Waals surface area contributed by atoms with Crippen LogP contribution in [0.4, 0.5) is 5.13 Å². The minimum absolute atomic E-state index is 0.408. The molecule has 2 unspecified atom stereocenters. The molecule has 6 heteroatoms. The van der Waals surface area contributed by atoms with Crippen LogP contribution in [0, 0.1) is 0 Å². The minimum Gasteiger partial charge on any atom is -0.378 e. The lowest BCUT2D eigenvalue weighted by Gasteiger charge is -2.37. The van der Waals surface area contributed by atoms with Crippen molar-refractivity contribution in [2.45, 2.75) is 51.5 Å². The van der Waals surface area contributed by atoms with Crippen molar-refractivity contribution in [3.05, 3.63) is 10.6 Å². The second-order valence-electron chi connectivity index (χ2n) is 5.68. The summed E-state index contributed by atoms with van der Waals surface area (Å²) >= 11 is 1.81. The highest BCUT2D eigenvalue weighted by molar-refractivity contribution is 7.15. The first-order valence-electron chi connectivity index (χ1n) is 7.90. The van der Waals surface area contributed by atoms with Crippen molar-refractivity contribution in [3.8, 4) is 0 Å². The third-order valence-corrected chi connectivity index (χ3v) is 5.45. The van der Waals surface area contributed by atoms with E-state index in [9.17, 15) is 0 Å². The van der Waals surface area contributed by atoms with Gasteiger partial charge in [-0.15, -0.1) is 11.3 Å². The average Bonchev–Trinajstić information content (AvgIpc) is 3.11. The fourth-order valence-electron chi connectivity index (χ4n) is 3.28. The van der Waals surface area contributed by atoms with Crippen molar-refractivity contribution >= 4 is 16.5 Å². The van der Waals surface area contributed by atoms with E-state index in [4.69, 9.17) is 14.5 Å². The van der Waals surface area contributed by atoms with Crippen LogP contribution in [-0.4, -0.2) is 43.9 Å². The molecule has 118 valence electrons. The molecule has 0 spiro atoms. The second-order valence-corrected chi connectivity index (χ2v) is 6.74. The lowest BCUT2D eigenvalue weighted by Crippen LogP contribution is -2.48. The largest absolute Gasteiger partial charge is 0.378 e. The van der Waals surface area contributed by atoms with E-state index in [0.29, 0.717) is 18.8 Å². The maximum atomic E-state index is 5.90. The van der Waals surface area contributed by atoms with Crippen molar-refractivity contribution in [2.24, 2.45) is 0 Å². The zero-order valence-electron chi connectivity index (χ0n) is 12.9. The van der Waals surface area contributed by atoms with E-state index >= 15 is 0 Å². The predicted molar refractivity (Wildman–Crippen MR) is 84.9 cm³/mol. The number of nitrogens with zero attached hydrogens (tertiary/aromatic N) is 2. The maximum absolute atomic E-state index is 5.90. The molecule has 1 aromatic rings. The zero-order valence-corrected chi connectivity index (χ0v) is 13.7. The molecule has 1 saturated heterocycles. The summed E-state index contributed by atoms with van der Waals surface area (Å²) in [6, 6.07) is 0.521. The van der Waals surface area contributed by atoms with E-state index in [2.05, 4.69) is 17.1 Å². The quantitative estimate of drug-likeness (QED) is 0.872. The van der Waals surface area contributed by atoms with Crippen LogP contribution in [0.3, 0.4) is 0 Å². The van der Waals surface area contributed by atoms with E-state index in [-0.39, 0.29) is 0 Å². The van der Waals surface area contributed by atoms with Gasteiger partial charge in [-0.2, -0.15) is 0 Å². The molecule has 2 fully saturated rings. The molecule has 0 aromatic carbocycles. The van der Waals surface area contributed by atoms with Crippen LogP contribution in [0.2, 0.25) is 0 Å². The Morgan fingerprint density at radius 3 is 3.19 bits per heavy atom. The standard InChI is InChI=1S/C15H25N3O2S/c1-3-16-9-14-11(10-19-2)17-15(21-14)18-7-8-20-13-6-4-5-12(13)18/h12-13,16H,3-10H2,1-2H3. The zero-order chi connectivity index (χ0) is 14.7. The van der Waals surface area contributed by atoms with Crippen LogP contribution in [0.15, 0.2) is 0 Å². The Morgan fingerprint density at radius 2 is 2.38 bits per heavy atom. The van der Waals surface area contributed by atoms with Gasteiger partial charge in [0.15, 0.2) is 5.13 Å². The van der Waals surface area contributed by atoms with E-state index in [1.54, 1.807) is 7.11 Å². The highest BCUT2D eigenvalue weighted by Gasteiger charge is 2.37. The molecule has 2 atom stereocenters. The Balaban J connectivity index is 1.80. The fourth-order valence-corrected chi connectivity index (χ4v) is 4.40. The summed E-state index contributed by atoms with van der Waals surface area (Å²) in [4.78, 5) is 8.63. The van der Waals surface area contributed by atoms with Gasteiger partial charge >= 0.3 is 0 Å². The molecule has 3 rings (SSSR count). The molecule has 0 radical (unpaired) electrons. The SMILES string of the molecule is CCNCc1sc(N2CCOC3CCCC32)nc1COC. The van der Waals surface area contributed by atoms with Crippen molar-refractivity contribution < 1.29 is 9.47 Å². The number of aromatic nitrogens is 1. The molecule has 2 aliphatic rings. The fraction of sp³-hybridized carbons (Fsp3) is 0.800. The van der Waals surface area contributed by atoms with Gasteiger partial charge in [0.1, 0.15) is 0 Å². The summed E-state index contributed by atoms with van der Waals surface area (Å²) in [6.45, 7) is 6.36. The highest BCUT2D eigenvalue weighted by Crippen LogP contribution is 2.36. The monoisotopic (exact) mass is 311 g/mol. The molecule has 0 amide bonds. The minimum atomic E-state index is 0.408. The van der Waals surface area contributed by atoms with Crippen molar-refractivity contribution in [2.75, 3.05) is 31.7 Å². The van der Waals surface area contributed by atoms with Gasteiger partial charge in [0, 0.05) is 25.1 Å². The lowest BCUT2D eigenvalue weighted by molar-refractivity contribution is 0.0256. The smallest absolute Gasteiger partial charge is 0.186 e. The molecular formula is C15H25N3O2S. The first-order chi connectivity index (χ1) is 10.3. The predicted octanol–water partition coefficient (Wildman–Crippen LogP) is 2.16. The van der Waals surface area contributed by atoms with Crippen LogP contribution in [-0.2, 0) is 22.6 Å². The van der Waals surface area contributed by atoms with Gasteiger partial charge < -0.3 is 19.7 Å². The first-order valence-corrected chi connectivity index (χ1v) is 8.71. The molecule has 21 heavy (non-hydrogen) atoms. The number of hydrogen-bond donors (Lipinski definition) is 1. The number of fused-ring (bicyclic) bond motifs is 1. The highest BCUT2D eigenvalue weighted by atomic mass is 32.1. The molecule has 2 heterocycles. The number of rotatable bonds is 6. The summed E-state index contributed by atoms with van der Waals surface area (Å²) in [5.41, 5.74) is 1.08. The number of morpholine rings is 1. The van der Waals surface area contributed by atoms with Gasteiger partial charge in [-0.3, -0.25) is 0 Å². The molecule has 1 saturated carbocycles. The van der Waals surface area contributed by atoms with Crippen LogP contribution < -0.4 is 10.2 Å². The number of ether oxygens (including phenoxy) is 2. The number of anilines is 1. The molecule has 1 aromatic heterocycles. The normalized spacial score (nSPS) is 25.3. The Labute approximate surface area is 130 Å². The summed E-state index contributed by atoms with van der Waals surface area (Å²) in [5, 5.41) is 4.55. The van der Waals surface area contributed by atoms with E-state index < -0.39 is 0 Å². The summed E-state index contributed by atoms with van der Waals surface area (Å²) in [7, 11) is 1.73. The van der Waals surface area contributed by atoms with Gasteiger partial charge in [0.25, 0.3) is 0 Å². The molecule has 1 aliphatic carbocycles. The van der Waals surface area contributed by atoms with Crippen molar-refractivity contribution in [3.63, 3.8) is 0 Å². The first kappa shape index (κ1) is 15.2. The Morgan fingerprint density at radius 1 is 1.48 bits per heavy atom. The number of methoxy groups -OCH3 is 1. The molecule has 0 bridgehead atoms. The van der Waals surface area contributed by atoms with Gasteiger partial charge in [-0.1, -0.05) is 6.92 Å². The van der Waals surface area contributed by atoms with Crippen molar-refractivity contribution in [1.82, 2.24) is 10.3 Å². The molecule has 1 aliphatic heterocycles. The van der Waals surface area contributed by atoms with E-state index in [1.165, 1.54) is 24.1 Å². The summed E-state index contributed by atoms with van der Waals surface area (Å²) < 4.78 is 11.2. The van der Waals surface area contributed by atoms with Gasteiger partial charge in [0.05, 0.1) is 31.1 Å². The average molecular weight is 311 g/mol. The third kappa shape index (κ3) is 3.23. The topological polar surface area (TPSA) is 46.6 Å². The molecule has 5 nitrogen and oxygen atoms in total. The Kier molecular flexibility index (Phi) is 5.11. The van der Waals surface area contributed by atoms with E-state index in [1.807, 2.05) is 11.3 Å². The summed E-state index contributed by atoms with van der Waals surface area (Å²) in [6.07, 6.45) is 4.10. The Hall–Kier alpha value is -0.690. The van der Waals surface area contributed by atoms with Crippen LogP contribution in [0.1, 0.15) is 36.8 Å². The van der Waals surface area contributed by atoms with Crippen molar-refractivity contribution in [1.29, 1.82) is 0 Å². The lowest BCUT2D eigenvalue weighted by atomic mass is 10.1. The molecular weight excluding hydrogens is 286 g/mol. The second kappa shape index (κ2) is 7.05. The number of nitrogens with one attached hydrogen (secondary N) is 1. The van der Waals surface area contributed by atoms with Crippen LogP contribution in [0.5, 0.6) is 0 Å². The number of thiazole rings is 1.